The van der Waals surface area contributed by atoms with Crippen molar-refractivity contribution >= 4 is 5.91 Å². The lowest BCUT2D eigenvalue weighted by Crippen LogP contribution is -2.47. The van der Waals surface area contributed by atoms with Gasteiger partial charge in [-0.15, -0.1) is 0 Å². The number of piperidine rings is 1. The zero-order valence-corrected chi connectivity index (χ0v) is 11.0. The van der Waals surface area contributed by atoms with Crippen LogP contribution >= 0.6 is 0 Å². The van der Waals surface area contributed by atoms with Crippen molar-refractivity contribution in [3.8, 4) is 0 Å². The molecule has 0 unspecified atom stereocenters. The summed E-state index contributed by atoms with van der Waals surface area (Å²) in [7, 11) is 4.00. The van der Waals surface area contributed by atoms with Crippen molar-refractivity contribution in [3.63, 3.8) is 0 Å². The Bertz CT molecular complexity index is 222. The number of hydrogen-bond donors (Lipinski definition) is 1. The van der Waals surface area contributed by atoms with Crippen LogP contribution in [0.4, 0.5) is 0 Å². The first-order chi connectivity index (χ1) is 7.54. The van der Waals surface area contributed by atoms with Crippen LogP contribution in [0.1, 0.15) is 26.7 Å². The van der Waals surface area contributed by atoms with Gasteiger partial charge in [-0.2, -0.15) is 0 Å². The van der Waals surface area contributed by atoms with Crippen LogP contribution in [0.25, 0.3) is 0 Å². The molecule has 0 spiro atoms. The molecule has 16 heavy (non-hydrogen) atoms. The molecule has 1 rings (SSSR count). The first-order valence-corrected chi connectivity index (χ1v) is 6.20. The molecule has 4 heteroatoms. The molecule has 0 aromatic heterocycles. The van der Waals surface area contributed by atoms with Crippen LogP contribution in [0.15, 0.2) is 0 Å². The minimum Gasteiger partial charge on any atom is -0.341 e. The van der Waals surface area contributed by atoms with E-state index >= 15 is 0 Å². The van der Waals surface area contributed by atoms with E-state index in [0.717, 1.165) is 25.9 Å². The number of hydrogen-bond acceptors (Lipinski definition) is 3. The van der Waals surface area contributed by atoms with Crippen molar-refractivity contribution in [1.29, 1.82) is 0 Å². The zero-order valence-electron chi connectivity index (χ0n) is 11.0. The van der Waals surface area contributed by atoms with Gasteiger partial charge >= 0.3 is 0 Å². The number of carbonyl (C=O) groups excluding carboxylic acids is 1. The van der Waals surface area contributed by atoms with E-state index in [1.54, 1.807) is 0 Å². The SMILES string of the molecule is CNC1CCN(C(=O)CN(C)C(C)C)CC1. The molecule has 4 nitrogen and oxygen atoms in total. The smallest absolute Gasteiger partial charge is 0.236 e. The first-order valence-electron chi connectivity index (χ1n) is 6.20. The Hall–Kier alpha value is -0.610. The van der Waals surface area contributed by atoms with Gasteiger partial charge in [0.1, 0.15) is 0 Å². The lowest BCUT2D eigenvalue weighted by Gasteiger charge is -2.33. The van der Waals surface area contributed by atoms with Gasteiger partial charge in [-0.25, -0.2) is 0 Å². The molecule has 1 amide bonds. The molecule has 1 saturated heterocycles. The van der Waals surface area contributed by atoms with Crippen molar-refractivity contribution in [2.45, 2.75) is 38.8 Å². The van der Waals surface area contributed by atoms with E-state index in [4.69, 9.17) is 0 Å². The molecule has 1 aliphatic heterocycles. The minimum atomic E-state index is 0.269. The number of nitrogens with zero attached hydrogens (tertiary/aromatic N) is 2. The van der Waals surface area contributed by atoms with Crippen LogP contribution < -0.4 is 5.32 Å². The Morgan fingerprint density at radius 1 is 1.44 bits per heavy atom. The van der Waals surface area contributed by atoms with Crippen molar-refractivity contribution in [1.82, 2.24) is 15.1 Å². The number of carbonyl (C=O) groups is 1. The van der Waals surface area contributed by atoms with Crippen molar-refractivity contribution in [2.24, 2.45) is 0 Å². The maximum absolute atomic E-state index is 12.0. The summed E-state index contributed by atoms with van der Waals surface area (Å²) in [5.41, 5.74) is 0. The van der Waals surface area contributed by atoms with Crippen molar-refractivity contribution in [2.75, 3.05) is 33.7 Å². The molecule has 0 aromatic rings. The third-order valence-electron chi connectivity index (χ3n) is 3.52. The Morgan fingerprint density at radius 2 is 2.00 bits per heavy atom. The van der Waals surface area contributed by atoms with Gasteiger partial charge in [0.15, 0.2) is 0 Å². The van der Waals surface area contributed by atoms with E-state index in [1.165, 1.54) is 0 Å². The molecule has 0 atom stereocenters. The summed E-state index contributed by atoms with van der Waals surface area (Å²) in [6, 6.07) is 1.02. The Morgan fingerprint density at radius 3 is 2.44 bits per heavy atom. The molecule has 0 saturated carbocycles. The number of nitrogens with one attached hydrogen (secondary N) is 1. The predicted molar refractivity (Wildman–Crippen MR) is 66.4 cm³/mol. The molecule has 94 valence electrons. The molecule has 0 aromatic carbocycles. The summed E-state index contributed by atoms with van der Waals surface area (Å²) in [6.45, 7) is 6.56. The monoisotopic (exact) mass is 227 g/mol. The topological polar surface area (TPSA) is 35.6 Å². The molecule has 1 aliphatic rings. The molecule has 1 N–H and O–H groups in total. The number of likely N-dealkylation sites (tertiary alicyclic amines) is 1. The Balaban J connectivity index is 2.33. The Labute approximate surface area is 99.0 Å². The summed E-state index contributed by atoms with van der Waals surface area (Å²) in [6.07, 6.45) is 2.15. The second-order valence-corrected chi connectivity index (χ2v) is 4.95. The van der Waals surface area contributed by atoms with E-state index in [1.807, 2.05) is 19.0 Å². The lowest BCUT2D eigenvalue weighted by atomic mass is 10.1. The van der Waals surface area contributed by atoms with Gasteiger partial charge in [0, 0.05) is 25.2 Å². The fourth-order valence-electron chi connectivity index (χ4n) is 1.91. The van der Waals surface area contributed by atoms with Gasteiger partial charge in [-0.3, -0.25) is 9.69 Å². The highest BCUT2D eigenvalue weighted by Crippen LogP contribution is 2.10. The quantitative estimate of drug-likeness (QED) is 0.761. The second-order valence-electron chi connectivity index (χ2n) is 4.95. The molecular formula is C12H25N3O. The Kier molecular flexibility index (Phi) is 5.22. The summed E-state index contributed by atoms with van der Waals surface area (Å²) < 4.78 is 0. The molecule has 0 radical (unpaired) electrons. The highest BCUT2D eigenvalue weighted by Gasteiger charge is 2.22. The van der Waals surface area contributed by atoms with Gasteiger partial charge in [0.2, 0.25) is 5.91 Å². The number of amides is 1. The van der Waals surface area contributed by atoms with Crippen LogP contribution in [0.3, 0.4) is 0 Å². The van der Waals surface area contributed by atoms with Crippen LogP contribution in [0.2, 0.25) is 0 Å². The third-order valence-corrected chi connectivity index (χ3v) is 3.52. The van der Waals surface area contributed by atoms with E-state index in [9.17, 15) is 4.79 Å². The fraction of sp³-hybridized carbons (Fsp3) is 0.917. The van der Waals surface area contributed by atoms with Gasteiger partial charge in [0.25, 0.3) is 0 Å². The summed E-state index contributed by atoms with van der Waals surface area (Å²) in [5, 5.41) is 3.27. The van der Waals surface area contributed by atoms with E-state index in [0.29, 0.717) is 18.6 Å². The normalized spacial score (nSPS) is 18.5. The van der Waals surface area contributed by atoms with Crippen LogP contribution in [0.5, 0.6) is 0 Å². The van der Waals surface area contributed by atoms with E-state index in [2.05, 4.69) is 24.1 Å². The van der Waals surface area contributed by atoms with E-state index in [-0.39, 0.29) is 5.91 Å². The van der Waals surface area contributed by atoms with Crippen LogP contribution in [-0.2, 0) is 4.79 Å². The zero-order chi connectivity index (χ0) is 12.1. The van der Waals surface area contributed by atoms with Gasteiger partial charge in [-0.1, -0.05) is 0 Å². The standard InChI is InChI=1S/C12H25N3O/c1-10(2)14(4)9-12(16)15-7-5-11(13-3)6-8-15/h10-11,13H,5-9H2,1-4H3. The molecule has 1 fully saturated rings. The highest BCUT2D eigenvalue weighted by atomic mass is 16.2. The maximum atomic E-state index is 12.0. The summed E-state index contributed by atoms with van der Waals surface area (Å²) >= 11 is 0. The number of likely N-dealkylation sites (N-methyl/N-ethyl adjacent to an activating group) is 1. The maximum Gasteiger partial charge on any atom is 0.236 e. The molecular weight excluding hydrogens is 202 g/mol. The average molecular weight is 227 g/mol. The minimum absolute atomic E-state index is 0.269. The second kappa shape index (κ2) is 6.21. The average Bonchev–Trinajstić information content (AvgIpc) is 2.28. The molecule has 0 aliphatic carbocycles. The summed E-state index contributed by atoms with van der Waals surface area (Å²) in [5.74, 6) is 0.269. The van der Waals surface area contributed by atoms with Gasteiger partial charge in [0.05, 0.1) is 6.54 Å². The van der Waals surface area contributed by atoms with Crippen LogP contribution in [0, 0.1) is 0 Å². The number of rotatable bonds is 4. The highest BCUT2D eigenvalue weighted by molar-refractivity contribution is 5.78. The third kappa shape index (κ3) is 3.76. The van der Waals surface area contributed by atoms with Crippen molar-refractivity contribution in [3.05, 3.63) is 0 Å². The summed E-state index contributed by atoms with van der Waals surface area (Å²) in [4.78, 5) is 16.1. The predicted octanol–water partition coefficient (Wildman–Crippen LogP) is 0.537. The molecule has 0 bridgehead atoms. The largest absolute Gasteiger partial charge is 0.341 e. The van der Waals surface area contributed by atoms with Gasteiger partial charge in [-0.05, 0) is 40.8 Å². The van der Waals surface area contributed by atoms with E-state index < -0.39 is 0 Å². The lowest BCUT2D eigenvalue weighted by molar-refractivity contribution is -0.133. The first kappa shape index (κ1) is 13.5. The van der Waals surface area contributed by atoms with Crippen LogP contribution in [-0.4, -0.2) is 61.5 Å². The molecule has 1 heterocycles. The van der Waals surface area contributed by atoms with Gasteiger partial charge < -0.3 is 10.2 Å². The van der Waals surface area contributed by atoms with Crippen molar-refractivity contribution < 1.29 is 4.79 Å². The fourth-order valence-corrected chi connectivity index (χ4v) is 1.91.